The van der Waals surface area contributed by atoms with E-state index < -0.39 is 39.6 Å². The molecule has 0 fully saturated rings. The van der Waals surface area contributed by atoms with Crippen molar-refractivity contribution in [3.63, 3.8) is 0 Å². The van der Waals surface area contributed by atoms with Crippen molar-refractivity contribution < 1.29 is 27.6 Å². The van der Waals surface area contributed by atoms with E-state index in [0.29, 0.717) is 6.20 Å². The number of alkyl halides is 3. The number of carbonyl (C=O) groups is 1. The Hall–Kier alpha value is -2.19. The molecule has 0 saturated carbocycles. The second kappa shape index (κ2) is 5.06. The van der Waals surface area contributed by atoms with Crippen LogP contribution in [0.25, 0.3) is 0 Å². The lowest BCUT2D eigenvalue weighted by Gasteiger charge is -2.19. The van der Waals surface area contributed by atoms with Gasteiger partial charge in [-0.25, -0.2) is 9.78 Å². The molecule has 110 valence electrons. The van der Waals surface area contributed by atoms with Crippen LogP contribution in [0.1, 0.15) is 36.8 Å². The van der Waals surface area contributed by atoms with Crippen LogP contribution in [0.15, 0.2) is 12.3 Å². The maximum Gasteiger partial charge on any atom is 0.418 e. The number of aromatic nitrogens is 1. The molecule has 1 rings (SSSR count). The van der Waals surface area contributed by atoms with Crippen molar-refractivity contribution in [2.75, 3.05) is 0 Å². The van der Waals surface area contributed by atoms with E-state index in [-0.39, 0.29) is 6.07 Å². The van der Waals surface area contributed by atoms with Crippen molar-refractivity contribution in [3.05, 3.63) is 33.6 Å². The molecule has 0 radical (unpaired) electrons. The molecule has 6 nitrogen and oxygen atoms in total. The number of carbonyl (C=O) groups excluding carboxylic acids is 1. The van der Waals surface area contributed by atoms with Gasteiger partial charge < -0.3 is 4.74 Å². The van der Waals surface area contributed by atoms with Gasteiger partial charge in [0.1, 0.15) is 5.60 Å². The summed E-state index contributed by atoms with van der Waals surface area (Å²) < 4.78 is 42.2. The fraction of sp³-hybridized carbons (Fsp3) is 0.455. The second-order valence-electron chi connectivity index (χ2n) is 4.85. The Morgan fingerprint density at radius 3 is 2.30 bits per heavy atom. The summed E-state index contributed by atoms with van der Waals surface area (Å²) in [5, 5.41) is 10.8. The molecule has 0 bridgehead atoms. The highest BCUT2D eigenvalue weighted by Crippen LogP contribution is 2.32. The van der Waals surface area contributed by atoms with Crippen LogP contribution in [0.3, 0.4) is 0 Å². The van der Waals surface area contributed by atoms with Crippen LogP contribution >= 0.6 is 0 Å². The van der Waals surface area contributed by atoms with Crippen molar-refractivity contribution in [2.45, 2.75) is 32.5 Å². The zero-order chi connectivity index (χ0) is 15.7. The summed E-state index contributed by atoms with van der Waals surface area (Å²) in [5.41, 5.74) is -4.07. The van der Waals surface area contributed by atoms with Gasteiger partial charge in [-0.2, -0.15) is 13.2 Å². The third-order valence-electron chi connectivity index (χ3n) is 1.98. The van der Waals surface area contributed by atoms with Gasteiger partial charge in [0.2, 0.25) is 5.69 Å². The predicted octanol–water partition coefficient (Wildman–Crippen LogP) is 2.96. The molecule has 9 heteroatoms. The fourth-order valence-electron chi connectivity index (χ4n) is 1.23. The first-order valence-corrected chi connectivity index (χ1v) is 5.37. The standard InChI is InChI=1S/C11H11F3N2O4/c1-10(2,3)20-9(17)8-7(16(18)19)4-6(5-15-8)11(12,13)14/h4-5H,1-3H3. The van der Waals surface area contributed by atoms with Gasteiger partial charge in [-0.15, -0.1) is 0 Å². The summed E-state index contributed by atoms with van der Waals surface area (Å²) in [6.45, 7) is 4.54. The van der Waals surface area contributed by atoms with Crippen molar-refractivity contribution in [3.8, 4) is 0 Å². The van der Waals surface area contributed by atoms with E-state index in [4.69, 9.17) is 4.74 Å². The van der Waals surface area contributed by atoms with E-state index in [9.17, 15) is 28.1 Å². The minimum absolute atomic E-state index is 0.256. The maximum atomic E-state index is 12.5. The molecule has 0 spiro atoms. The number of halogens is 3. The highest BCUT2D eigenvalue weighted by Gasteiger charge is 2.36. The zero-order valence-electron chi connectivity index (χ0n) is 10.8. The van der Waals surface area contributed by atoms with Crippen LogP contribution < -0.4 is 0 Å². The highest BCUT2D eigenvalue weighted by atomic mass is 19.4. The number of nitrogens with zero attached hydrogens (tertiary/aromatic N) is 2. The van der Waals surface area contributed by atoms with Gasteiger partial charge >= 0.3 is 17.8 Å². The summed E-state index contributed by atoms with van der Waals surface area (Å²) in [7, 11) is 0. The van der Waals surface area contributed by atoms with Crippen LogP contribution in [0, 0.1) is 10.1 Å². The molecule has 0 saturated heterocycles. The summed E-state index contributed by atoms with van der Waals surface area (Å²) in [4.78, 5) is 24.5. The number of esters is 1. The SMILES string of the molecule is CC(C)(C)OC(=O)c1ncc(C(F)(F)F)cc1[N+](=O)[O-]. The zero-order valence-corrected chi connectivity index (χ0v) is 10.8. The van der Waals surface area contributed by atoms with Gasteiger partial charge in [-0.05, 0) is 20.8 Å². The normalized spacial score (nSPS) is 12.1. The lowest BCUT2D eigenvalue weighted by molar-refractivity contribution is -0.385. The van der Waals surface area contributed by atoms with Gasteiger partial charge in [0.15, 0.2) is 0 Å². The summed E-state index contributed by atoms with van der Waals surface area (Å²) >= 11 is 0. The number of rotatable bonds is 2. The minimum Gasteiger partial charge on any atom is -0.455 e. The summed E-state index contributed by atoms with van der Waals surface area (Å²) in [6.07, 6.45) is -4.43. The number of ether oxygens (including phenoxy) is 1. The van der Waals surface area contributed by atoms with Crippen molar-refractivity contribution in [1.82, 2.24) is 4.98 Å². The quantitative estimate of drug-likeness (QED) is 0.475. The number of nitro groups is 1. The van der Waals surface area contributed by atoms with Gasteiger partial charge in [0.25, 0.3) is 0 Å². The molecule has 20 heavy (non-hydrogen) atoms. The summed E-state index contributed by atoms with van der Waals surface area (Å²) in [6, 6.07) is 0.256. The first-order valence-electron chi connectivity index (χ1n) is 5.37. The van der Waals surface area contributed by atoms with Gasteiger partial charge in [0.05, 0.1) is 10.5 Å². The smallest absolute Gasteiger partial charge is 0.418 e. The Bertz CT molecular complexity index is 550. The molecular weight excluding hydrogens is 281 g/mol. The molecule has 0 aliphatic heterocycles. The van der Waals surface area contributed by atoms with Gasteiger partial charge in [-0.1, -0.05) is 0 Å². The van der Waals surface area contributed by atoms with Crippen molar-refractivity contribution in [2.24, 2.45) is 0 Å². The third kappa shape index (κ3) is 3.90. The van der Waals surface area contributed by atoms with E-state index in [1.807, 2.05) is 0 Å². The molecular formula is C11H11F3N2O4. The topological polar surface area (TPSA) is 82.3 Å². The molecule has 0 aliphatic rings. The molecule has 0 aliphatic carbocycles. The average molecular weight is 292 g/mol. The van der Waals surface area contributed by atoms with E-state index in [0.717, 1.165) is 0 Å². The Balaban J connectivity index is 3.28. The van der Waals surface area contributed by atoms with Gasteiger partial charge in [0, 0.05) is 12.3 Å². The largest absolute Gasteiger partial charge is 0.455 e. The van der Waals surface area contributed by atoms with Crippen LogP contribution in [-0.2, 0) is 10.9 Å². The van der Waals surface area contributed by atoms with E-state index >= 15 is 0 Å². The molecule has 1 aromatic heterocycles. The second-order valence-corrected chi connectivity index (χ2v) is 4.85. The maximum absolute atomic E-state index is 12.5. The highest BCUT2D eigenvalue weighted by molar-refractivity contribution is 5.92. The third-order valence-corrected chi connectivity index (χ3v) is 1.98. The lowest BCUT2D eigenvalue weighted by atomic mass is 10.2. The molecule has 0 atom stereocenters. The van der Waals surface area contributed by atoms with E-state index in [2.05, 4.69) is 4.98 Å². The van der Waals surface area contributed by atoms with E-state index in [1.165, 1.54) is 20.8 Å². The number of hydrogen-bond acceptors (Lipinski definition) is 5. The average Bonchev–Trinajstić information content (AvgIpc) is 2.24. The molecule has 1 heterocycles. The van der Waals surface area contributed by atoms with Crippen molar-refractivity contribution in [1.29, 1.82) is 0 Å². The predicted molar refractivity (Wildman–Crippen MR) is 61.1 cm³/mol. The monoisotopic (exact) mass is 292 g/mol. The fourth-order valence-corrected chi connectivity index (χ4v) is 1.23. The van der Waals surface area contributed by atoms with Crippen molar-refractivity contribution >= 4 is 11.7 Å². The van der Waals surface area contributed by atoms with Crippen LogP contribution in [0.5, 0.6) is 0 Å². The molecule has 1 aromatic rings. The van der Waals surface area contributed by atoms with Crippen LogP contribution in [-0.4, -0.2) is 21.5 Å². The molecule has 0 unspecified atom stereocenters. The first kappa shape index (κ1) is 15.9. The Kier molecular flexibility index (Phi) is 4.02. The lowest BCUT2D eigenvalue weighted by Crippen LogP contribution is -2.25. The Morgan fingerprint density at radius 2 is 1.90 bits per heavy atom. The van der Waals surface area contributed by atoms with Crippen LogP contribution in [0.4, 0.5) is 18.9 Å². The minimum atomic E-state index is -4.79. The van der Waals surface area contributed by atoms with Crippen LogP contribution in [0.2, 0.25) is 0 Å². The molecule has 0 aromatic carbocycles. The number of hydrogen-bond donors (Lipinski definition) is 0. The molecule has 0 amide bonds. The van der Waals surface area contributed by atoms with E-state index in [1.54, 1.807) is 0 Å². The molecule has 0 N–H and O–H groups in total. The number of pyridine rings is 1. The Labute approximate surface area is 111 Å². The first-order chi connectivity index (χ1) is 8.92. The Morgan fingerprint density at radius 1 is 1.35 bits per heavy atom. The van der Waals surface area contributed by atoms with Gasteiger partial charge in [-0.3, -0.25) is 10.1 Å². The summed E-state index contributed by atoms with van der Waals surface area (Å²) in [5.74, 6) is -1.15.